The van der Waals surface area contributed by atoms with Gasteiger partial charge in [0.1, 0.15) is 5.88 Å². The number of carboxylic acid groups (broad SMARTS) is 1. The quantitative estimate of drug-likeness (QED) is 0.696. The highest BCUT2D eigenvalue weighted by Gasteiger charge is 2.30. The van der Waals surface area contributed by atoms with E-state index in [2.05, 4.69) is 5.32 Å². The van der Waals surface area contributed by atoms with Crippen LogP contribution < -0.4 is 5.32 Å². The van der Waals surface area contributed by atoms with Crippen LogP contribution in [0.4, 0.5) is 4.79 Å². The second kappa shape index (κ2) is 6.27. The lowest BCUT2D eigenvalue weighted by Gasteiger charge is -2.32. The number of nitrogens with zero attached hydrogens (tertiary/aromatic N) is 1. The Hall–Kier alpha value is -0.970. The van der Waals surface area contributed by atoms with E-state index in [0.29, 0.717) is 19.0 Å². The van der Waals surface area contributed by atoms with Crippen LogP contribution in [-0.4, -0.2) is 47.5 Å². The van der Waals surface area contributed by atoms with E-state index in [1.165, 1.54) is 12.8 Å². The van der Waals surface area contributed by atoms with Gasteiger partial charge >= 0.3 is 6.09 Å². The zero-order chi connectivity index (χ0) is 13.8. The van der Waals surface area contributed by atoms with E-state index in [1.807, 2.05) is 13.8 Å². The molecular formula is C12H21ClN2O3. The average molecular weight is 277 g/mol. The van der Waals surface area contributed by atoms with Crippen molar-refractivity contribution < 1.29 is 14.7 Å². The minimum atomic E-state index is -1.04. The first-order valence-electron chi connectivity index (χ1n) is 6.14. The first-order valence-corrected chi connectivity index (χ1v) is 6.68. The van der Waals surface area contributed by atoms with Crippen LogP contribution in [0.1, 0.15) is 26.7 Å². The molecule has 0 aliphatic heterocycles. The van der Waals surface area contributed by atoms with Crippen molar-refractivity contribution in [3.05, 3.63) is 0 Å². The second-order valence-electron chi connectivity index (χ2n) is 5.67. The Morgan fingerprint density at radius 3 is 2.50 bits per heavy atom. The van der Waals surface area contributed by atoms with E-state index in [-0.39, 0.29) is 17.2 Å². The van der Waals surface area contributed by atoms with E-state index in [9.17, 15) is 9.59 Å². The summed E-state index contributed by atoms with van der Waals surface area (Å²) < 4.78 is 0. The molecule has 0 unspecified atom stereocenters. The molecule has 0 spiro atoms. The molecule has 2 N–H and O–H groups in total. The molecule has 0 aromatic heterocycles. The Kier molecular flexibility index (Phi) is 5.26. The Balaban J connectivity index is 2.51. The van der Waals surface area contributed by atoms with Crippen molar-refractivity contribution in [2.24, 2.45) is 11.3 Å². The molecule has 1 rings (SSSR count). The molecule has 0 saturated heterocycles. The fraction of sp³-hybridized carbons (Fsp3) is 0.833. The lowest BCUT2D eigenvalue weighted by Crippen LogP contribution is -2.45. The van der Waals surface area contributed by atoms with Crippen LogP contribution in [0.25, 0.3) is 0 Å². The number of halogens is 1. The van der Waals surface area contributed by atoms with Gasteiger partial charge in [0.2, 0.25) is 5.91 Å². The first kappa shape index (κ1) is 15.1. The Bertz CT molecular complexity index is 316. The lowest BCUT2D eigenvalue weighted by molar-refractivity contribution is -0.130. The molecule has 104 valence electrons. The predicted octanol–water partition coefficient (Wildman–Crippen LogP) is 1.76. The van der Waals surface area contributed by atoms with E-state index in [1.54, 1.807) is 4.90 Å². The van der Waals surface area contributed by atoms with Crippen LogP contribution in [-0.2, 0) is 4.79 Å². The van der Waals surface area contributed by atoms with Gasteiger partial charge in [0.05, 0.1) is 0 Å². The summed E-state index contributed by atoms with van der Waals surface area (Å²) >= 11 is 5.61. The zero-order valence-electron chi connectivity index (χ0n) is 10.9. The van der Waals surface area contributed by atoms with E-state index in [4.69, 9.17) is 16.7 Å². The molecule has 0 bridgehead atoms. The molecule has 1 saturated carbocycles. The van der Waals surface area contributed by atoms with Gasteiger partial charge in [0, 0.05) is 19.6 Å². The third-order valence-electron chi connectivity index (χ3n) is 2.98. The maximum absolute atomic E-state index is 11.7. The maximum atomic E-state index is 11.7. The summed E-state index contributed by atoms with van der Waals surface area (Å²) in [7, 11) is 0. The summed E-state index contributed by atoms with van der Waals surface area (Å²) in [6.45, 7) is 5.45. The molecule has 0 atom stereocenters. The number of hydrogen-bond donors (Lipinski definition) is 2. The Morgan fingerprint density at radius 2 is 2.06 bits per heavy atom. The number of nitrogens with one attached hydrogen (secondary N) is 1. The fourth-order valence-corrected chi connectivity index (χ4v) is 2.01. The minimum absolute atomic E-state index is 0.0187. The first-order chi connectivity index (χ1) is 8.34. The minimum Gasteiger partial charge on any atom is -0.465 e. The van der Waals surface area contributed by atoms with Crippen LogP contribution in [0.15, 0.2) is 0 Å². The predicted molar refractivity (Wildman–Crippen MR) is 69.8 cm³/mol. The lowest BCUT2D eigenvalue weighted by atomic mass is 9.92. The third kappa shape index (κ3) is 5.58. The third-order valence-corrected chi connectivity index (χ3v) is 3.21. The van der Waals surface area contributed by atoms with Gasteiger partial charge in [-0.25, -0.2) is 4.79 Å². The summed E-state index contributed by atoms with van der Waals surface area (Å²) in [6, 6.07) is 0. The van der Waals surface area contributed by atoms with E-state index >= 15 is 0 Å². The van der Waals surface area contributed by atoms with Crippen molar-refractivity contribution in [1.29, 1.82) is 0 Å². The molecule has 1 aliphatic rings. The number of alkyl halides is 1. The largest absolute Gasteiger partial charge is 0.465 e. The molecular weight excluding hydrogens is 256 g/mol. The Labute approximate surface area is 112 Å². The molecule has 0 heterocycles. The summed E-state index contributed by atoms with van der Waals surface area (Å²) in [6.07, 6.45) is 1.29. The number of rotatable bonds is 7. The van der Waals surface area contributed by atoms with E-state index in [0.717, 1.165) is 6.54 Å². The highest BCUT2D eigenvalue weighted by Crippen LogP contribution is 2.30. The zero-order valence-corrected chi connectivity index (χ0v) is 11.7. The molecule has 0 aromatic rings. The Morgan fingerprint density at radius 1 is 1.44 bits per heavy atom. The number of hydrogen-bond acceptors (Lipinski definition) is 2. The molecule has 6 heteroatoms. The van der Waals surface area contributed by atoms with Gasteiger partial charge in [-0.3, -0.25) is 4.79 Å². The molecule has 2 amide bonds. The number of carbonyl (C=O) groups is 2. The van der Waals surface area contributed by atoms with Gasteiger partial charge in [0.15, 0.2) is 0 Å². The molecule has 0 aromatic carbocycles. The van der Waals surface area contributed by atoms with Crippen LogP contribution >= 0.6 is 11.6 Å². The van der Waals surface area contributed by atoms with Gasteiger partial charge < -0.3 is 15.3 Å². The van der Waals surface area contributed by atoms with Crippen molar-refractivity contribution in [2.45, 2.75) is 26.7 Å². The second-order valence-corrected chi connectivity index (χ2v) is 5.94. The van der Waals surface area contributed by atoms with Crippen molar-refractivity contribution in [2.75, 3.05) is 25.5 Å². The standard InChI is InChI=1S/C12H21ClN2O3/c1-12(2,7-14-11(17)18)8-15(10(16)5-13)6-9-3-4-9/h9,14H,3-8H2,1-2H3,(H,17,18). The topological polar surface area (TPSA) is 69.6 Å². The average Bonchev–Trinajstić information content (AvgIpc) is 3.08. The van der Waals surface area contributed by atoms with Crippen LogP contribution in [0.5, 0.6) is 0 Å². The maximum Gasteiger partial charge on any atom is 0.404 e. The molecule has 1 fully saturated rings. The summed E-state index contributed by atoms with van der Waals surface area (Å²) in [5.41, 5.74) is -0.297. The molecule has 18 heavy (non-hydrogen) atoms. The number of carbonyl (C=O) groups excluding carboxylic acids is 1. The van der Waals surface area contributed by atoms with Gasteiger partial charge in [-0.1, -0.05) is 13.8 Å². The van der Waals surface area contributed by atoms with Crippen molar-refractivity contribution in [1.82, 2.24) is 10.2 Å². The van der Waals surface area contributed by atoms with Crippen molar-refractivity contribution >= 4 is 23.6 Å². The van der Waals surface area contributed by atoms with Crippen LogP contribution in [0.3, 0.4) is 0 Å². The normalized spacial score (nSPS) is 15.3. The highest BCUT2D eigenvalue weighted by molar-refractivity contribution is 6.27. The van der Waals surface area contributed by atoms with Crippen LogP contribution in [0.2, 0.25) is 0 Å². The van der Waals surface area contributed by atoms with Gasteiger partial charge in [-0.2, -0.15) is 0 Å². The van der Waals surface area contributed by atoms with Gasteiger partial charge in [-0.05, 0) is 24.2 Å². The smallest absolute Gasteiger partial charge is 0.404 e. The SMILES string of the molecule is CC(C)(CNC(=O)O)CN(CC1CC1)C(=O)CCl. The van der Waals surface area contributed by atoms with Crippen molar-refractivity contribution in [3.63, 3.8) is 0 Å². The van der Waals surface area contributed by atoms with Gasteiger partial charge in [-0.15, -0.1) is 11.6 Å². The van der Waals surface area contributed by atoms with Gasteiger partial charge in [0.25, 0.3) is 0 Å². The number of amides is 2. The summed E-state index contributed by atoms with van der Waals surface area (Å²) in [4.78, 5) is 24.0. The monoisotopic (exact) mass is 276 g/mol. The fourth-order valence-electron chi connectivity index (χ4n) is 1.84. The molecule has 0 radical (unpaired) electrons. The highest BCUT2D eigenvalue weighted by atomic mass is 35.5. The summed E-state index contributed by atoms with van der Waals surface area (Å²) in [5, 5.41) is 11.0. The molecule has 5 nitrogen and oxygen atoms in total. The van der Waals surface area contributed by atoms with E-state index < -0.39 is 6.09 Å². The van der Waals surface area contributed by atoms with Crippen molar-refractivity contribution in [3.8, 4) is 0 Å². The molecule has 1 aliphatic carbocycles. The summed E-state index contributed by atoms with van der Waals surface area (Å²) in [5.74, 6) is 0.502. The van der Waals surface area contributed by atoms with Crippen LogP contribution in [0, 0.1) is 11.3 Å².